The predicted molar refractivity (Wildman–Crippen MR) is 89.9 cm³/mol. The van der Waals surface area contributed by atoms with Crippen LogP contribution in [0.1, 0.15) is 11.3 Å². The second kappa shape index (κ2) is 6.99. The molecule has 7 heteroatoms. The molecule has 0 atom stereocenters. The number of aromatic nitrogens is 4. The van der Waals surface area contributed by atoms with Crippen LogP contribution in [0.25, 0.3) is 0 Å². The van der Waals surface area contributed by atoms with Crippen LogP contribution in [0.5, 0.6) is 5.75 Å². The molecule has 0 unspecified atom stereocenters. The molecule has 1 amide bonds. The van der Waals surface area contributed by atoms with Crippen LogP contribution in [0.2, 0.25) is 0 Å². The number of methoxy groups -OCH3 is 1. The van der Waals surface area contributed by atoms with Crippen LogP contribution in [0, 0.1) is 6.92 Å². The van der Waals surface area contributed by atoms with E-state index in [4.69, 9.17) is 4.74 Å². The Hall–Kier alpha value is -3.09. The normalized spacial score (nSPS) is 10.6. The molecule has 2 heterocycles. The van der Waals surface area contributed by atoms with Gasteiger partial charge in [0.2, 0.25) is 5.91 Å². The van der Waals surface area contributed by atoms with Crippen LogP contribution in [-0.4, -0.2) is 32.6 Å². The molecule has 0 aliphatic rings. The Kier molecular flexibility index (Phi) is 4.60. The summed E-state index contributed by atoms with van der Waals surface area (Å²) < 4.78 is 8.63. The van der Waals surface area contributed by atoms with Crippen molar-refractivity contribution < 1.29 is 9.53 Å². The topological polar surface area (TPSA) is 74.0 Å². The minimum atomic E-state index is -0.136. The van der Waals surface area contributed by atoms with Crippen LogP contribution < -0.4 is 10.1 Å². The van der Waals surface area contributed by atoms with Crippen LogP contribution in [0.4, 0.5) is 5.69 Å². The molecule has 0 saturated heterocycles. The van der Waals surface area contributed by atoms with Gasteiger partial charge >= 0.3 is 0 Å². The zero-order valence-electron chi connectivity index (χ0n) is 13.6. The highest BCUT2D eigenvalue weighted by molar-refractivity contribution is 5.90. The van der Waals surface area contributed by atoms with Crippen molar-refractivity contribution in [3.8, 4) is 5.75 Å². The largest absolute Gasteiger partial charge is 0.497 e. The third-order valence-electron chi connectivity index (χ3n) is 3.62. The molecule has 0 radical (unpaired) electrons. The zero-order valence-corrected chi connectivity index (χ0v) is 13.6. The van der Waals surface area contributed by atoms with E-state index < -0.39 is 0 Å². The molecule has 0 saturated carbocycles. The number of nitrogens with one attached hydrogen (secondary N) is 1. The summed E-state index contributed by atoms with van der Waals surface area (Å²) in [7, 11) is 1.64. The van der Waals surface area contributed by atoms with Gasteiger partial charge in [0.05, 0.1) is 25.5 Å². The SMILES string of the molecule is COc1cccc(Cn2cc(NC(=O)Cn3nccc3C)cn2)c1. The Morgan fingerprint density at radius 2 is 2.17 bits per heavy atom. The van der Waals surface area contributed by atoms with Crippen LogP contribution >= 0.6 is 0 Å². The summed E-state index contributed by atoms with van der Waals surface area (Å²) in [6, 6.07) is 9.66. The number of carbonyl (C=O) groups is 1. The Labute approximate surface area is 139 Å². The molecule has 0 aliphatic carbocycles. The van der Waals surface area contributed by atoms with E-state index >= 15 is 0 Å². The van der Waals surface area contributed by atoms with Gasteiger partial charge in [0, 0.05) is 18.1 Å². The van der Waals surface area contributed by atoms with Gasteiger partial charge in [-0.05, 0) is 30.7 Å². The molecule has 24 heavy (non-hydrogen) atoms. The Bertz CT molecular complexity index is 837. The maximum Gasteiger partial charge on any atom is 0.246 e. The number of benzene rings is 1. The highest BCUT2D eigenvalue weighted by Crippen LogP contribution is 2.14. The molecule has 124 valence electrons. The van der Waals surface area contributed by atoms with Gasteiger partial charge in [0.1, 0.15) is 12.3 Å². The maximum atomic E-state index is 12.1. The van der Waals surface area contributed by atoms with Crippen LogP contribution in [0.3, 0.4) is 0 Å². The smallest absolute Gasteiger partial charge is 0.246 e. The van der Waals surface area contributed by atoms with E-state index in [9.17, 15) is 4.79 Å². The summed E-state index contributed by atoms with van der Waals surface area (Å²) in [5.41, 5.74) is 2.68. The van der Waals surface area contributed by atoms with E-state index in [2.05, 4.69) is 15.5 Å². The van der Waals surface area contributed by atoms with Crippen molar-refractivity contribution in [3.05, 3.63) is 60.2 Å². The molecule has 2 aromatic heterocycles. The van der Waals surface area contributed by atoms with Crippen molar-refractivity contribution in [2.75, 3.05) is 12.4 Å². The molecule has 7 nitrogen and oxygen atoms in total. The lowest BCUT2D eigenvalue weighted by Gasteiger charge is -2.05. The van der Waals surface area contributed by atoms with Crippen molar-refractivity contribution in [1.29, 1.82) is 0 Å². The van der Waals surface area contributed by atoms with Gasteiger partial charge in [-0.25, -0.2) is 0 Å². The lowest BCUT2D eigenvalue weighted by Crippen LogP contribution is -2.19. The summed E-state index contributed by atoms with van der Waals surface area (Å²) in [5, 5.41) is 11.2. The van der Waals surface area contributed by atoms with Crippen molar-refractivity contribution in [2.24, 2.45) is 0 Å². The highest BCUT2D eigenvalue weighted by atomic mass is 16.5. The van der Waals surface area contributed by atoms with E-state index in [1.165, 1.54) is 0 Å². The zero-order chi connectivity index (χ0) is 16.9. The number of hydrogen-bond acceptors (Lipinski definition) is 4. The van der Waals surface area contributed by atoms with Gasteiger partial charge in [0.15, 0.2) is 0 Å². The van der Waals surface area contributed by atoms with Crippen molar-refractivity contribution in [2.45, 2.75) is 20.0 Å². The quantitative estimate of drug-likeness (QED) is 0.753. The first-order chi connectivity index (χ1) is 11.6. The van der Waals surface area contributed by atoms with Gasteiger partial charge < -0.3 is 10.1 Å². The Morgan fingerprint density at radius 1 is 1.29 bits per heavy atom. The van der Waals surface area contributed by atoms with Crippen LogP contribution in [-0.2, 0) is 17.9 Å². The summed E-state index contributed by atoms with van der Waals surface area (Å²) in [6.45, 7) is 2.69. The molecule has 3 rings (SSSR count). The van der Waals surface area contributed by atoms with E-state index in [1.54, 1.807) is 35.1 Å². The number of aryl methyl sites for hydroxylation is 1. The fraction of sp³-hybridized carbons (Fsp3) is 0.235. The number of ether oxygens (including phenoxy) is 1. The number of hydrogen-bond donors (Lipinski definition) is 1. The average Bonchev–Trinajstić information content (AvgIpc) is 3.17. The van der Waals surface area contributed by atoms with Crippen molar-refractivity contribution in [3.63, 3.8) is 0 Å². The predicted octanol–water partition coefficient (Wildman–Crippen LogP) is 2.08. The fourth-order valence-electron chi connectivity index (χ4n) is 2.37. The molecule has 3 aromatic rings. The first-order valence-electron chi connectivity index (χ1n) is 7.57. The number of rotatable bonds is 6. The number of carbonyl (C=O) groups excluding carboxylic acids is 1. The number of amides is 1. The third kappa shape index (κ3) is 3.81. The molecule has 0 fully saturated rings. The van der Waals surface area contributed by atoms with Crippen LogP contribution in [0.15, 0.2) is 48.9 Å². The maximum absolute atomic E-state index is 12.1. The van der Waals surface area contributed by atoms with E-state index in [0.717, 1.165) is 17.0 Å². The molecule has 0 spiro atoms. The summed E-state index contributed by atoms with van der Waals surface area (Å²) >= 11 is 0. The second-order valence-electron chi connectivity index (χ2n) is 5.46. The van der Waals surface area contributed by atoms with Gasteiger partial charge in [0.25, 0.3) is 0 Å². The highest BCUT2D eigenvalue weighted by Gasteiger charge is 2.08. The summed E-state index contributed by atoms with van der Waals surface area (Å²) in [6.07, 6.45) is 5.11. The minimum absolute atomic E-state index is 0.136. The fourth-order valence-corrected chi connectivity index (χ4v) is 2.37. The van der Waals surface area contributed by atoms with E-state index in [-0.39, 0.29) is 12.5 Å². The molecular weight excluding hydrogens is 306 g/mol. The molecule has 0 bridgehead atoms. The van der Waals surface area contributed by atoms with Gasteiger partial charge in [-0.1, -0.05) is 12.1 Å². The van der Waals surface area contributed by atoms with Gasteiger partial charge in [-0.15, -0.1) is 0 Å². The Morgan fingerprint density at radius 3 is 2.92 bits per heavy atom. The Balaban J connectivity index is 1.60. The lowest BCUT2D eigenvalue weighted by atomic mass is 10.2. The molecule has 0 aliphatic heterocycles. The third-order valence-corrected chi connectivity index (χ3v) is 3.62. The van der Waals surface area contributed by atoms with Crippen molar-refractivity contribution >= 4 is 11.6 Å². The molecule has 1 N–H and O–H groups in total. The van der Waals surface area contributed by atoms with E-state index in [1.807, 2.05) is 37.3 Å². The summed E-state index contributed by atoms with van der Waals surface area (Å²) in [4.78, 5) is 12.1. The first-order valence-corrected chi connectivity index (χ1v) is 7.57. The average molecular weight is 325 g/mol. The molecular formula is C17H19N5O2. The lowest BCUT2D eigenvalue weighted by molar-refractivity contribution is -0.116. The van der Waals surface area contributed by atoms with E-state index in [0.29, 0.717) is 12.2 Å². The number of anilines is 1. The minimum Gasteiger partial charge on any atom is -0.497 e. The monoisotopic (exact) mass is 325 g/mol. The molecule has 1 aromatic carbocycles. The second-order valence-corrected chi connectivity index (χ2v) is 5.46. The number of nitrogens with zero attached hydrogens (tertiary/aromatic N) is 4. The van der Waals surface area contributed by atoms with Crippen molar-refractivity contribution in [1.82, 2.24) is 19.6 Å². The first kappa shape index (κ1) is 15.8. The van der Waals surface area contributed by atoms with Gasteiger partial charge in [-0.3, -0.25) is 14.2 Å². The standard InChI is InChI=1S/C17H19N5O2/c1-13-6-7-18-22(13)12-17(23)20-15-9-19-21(11-15)10-14-4-3-5-16(8-14)24-2/h3-9,11H,10,12H2,1-2H3,(H,20,23). The van der Waals surface area contributed by atoms with Gasteiger partial charge in [-0.2, -0.15) is 10.2 Å². The summed E-state index contributed by atoms with van der Waals surface area (Å²) in [5.74, 6) is 0.672.